The van der Waals surface area contributed by atoms with Crippen molar-refractivity contribution in [1.29, 1.82) is 0 Å². The van der Waals surface area contributed by atoms with Gasteiger partial charge in [0.25, 0.3) is 0 Å². The molecule has 0 aliphatic rings. The SMILES string of the molecule is COc1c[c]ccc1Cl.[Br][Mg][Br]. The van der Waals surface area contributed by atoms with E-state index in [-0.39, 0.29) is 16.0 Å². The van der Waals surface area contributed by atoms with E-state index in [1.165, 1.54) is 0 Å². The van der Waals surface area contributed by atoms with Gasteiger partial charge in [0.15, 0.2) is 0 Å². The Labute approximate surface area is 99.3 Å². The van der Waals surface area contributed by atoms with Crippen LogP contribution in [0.25, 0.3) is 0 Å². The van der Waals surface area contributed by atoms with Crippen LogP contribution in [-0.4, -0.2) is 23.1 Å². The zero-order valence-electron chi connectivity index (χ0n) is 6.48. The predicted molar refractivity (Wildman–Crippen MR) is 60.4 cm³/mol. The molecular formula is C7H6Br2ClMgO. The Hall–Kier alpha value is 1.04. The molecule has 12 heavy (non-hydrogen) atoms. The van der Waals surface area contributed by atoms with Gasteiger partial charge in [0.1, 0.15) is 5.75 Å². The van der Waals surface area contributed by atoms with Gasteiger partial charge < -0.3 is 4.74 Å². The van der Waals surface area contributed by atoms with Gasteiger partial charge in [-0.3, -0.25) is 25.8 Å². The molecule has 0 aliphatic heterocycles. The van der Waals surface area contributed by atoms with Crippen molar-refractivity contribution in [1.82, 2.24) is 0 Å². The Morgan fingerprint density at radius 2 is 2.17 bits per heavy atom. The number of methoxy groups -OCH3 is 1. The van der Waals surface area contributed by atoms with E-state index in [1.54, 1.807) is 25.3 Å². The van der Waals surface area contributed by atoms with Crippen LogP contribution in [-0.2, 0) is 0 Å². The van der Waals surface area contributed by atoms with Crippen molar-refractivity contribution in [3.05, 3.63) is 29.3 Å². The molecule has 0 aliphatic carbocycles. The molecule has 0 fully saturated rings. The predicted octanol–water partition coefficient (Wildman–Crippen LogP) is 3.46. The van der Waals surface area contributed by atoms with Gasteiger partial charge in [-0.2, -0.15) is 0 Å². The lowest BCUT2D eigenvalue weighted by Gasteiger charge is -1.98. The molecular weight excluding hydrogens is 320 g/mol. The molecule has 0 aromatic heterocycles. The second-order valence-electron chi connectivity index (χ2n) is 1.66. The Morgan fingerprint density at radius 3 is 2.50 bits per heavy atom. The molecule has 1 aromatic rings. The highest BCUT2D eigenvalue weighted by Gasteiger charge is 1.93. The molecule has 1 rings (SSSR count). The van der Waals surface area contributed by atoms with Gasteiger partial charge in [-0.1, -0.05) is 17.7 Å². The van der Waals surface area contributed by atoms with Gasteiger partial charge in [-0.15, -0.1) is 0 Å². The van der Waals surface area contributed by atoms with Gasteiger partial charge in [0.05, 0.1) is 12.1 Å². The van der Waals surface area contributed by atoms with Crippen LogP contribution in [0.5, 0.6) is 5.75 Å². The van der Waals surface area contributed by atoms with Crippen LogP contribution in [0, 0.1) is 6.07 Å². The molecule has 0 amide bonds. The number of halogens is 3. The van der Waals surface area contributed by atoms with E-state index in [0.717, 1.165) is 0 Å². The quantitative estimate of drug-likeness (QED) is 0.719. The van der Waals surface area contributed by atoms with Crippen molar-refractivity contribution in [3.63, 3.8) is 0 Å². The largest absolute Gasteiger partial charge is 0.560 e. The van der Waals surface area contributed by atoms with Crippen LogP contribution in [0.4, 0.5) is 0 Å². The van der Waals surface area contributed by atoms with Gasteiger partial charge in [0, 0.05) is 0 Å². The van der Waals surface area contributed by atoms with E-state index in [0.29, 0.717) is 10.8 Å². The fourth-order valence-corrected chi connectivity index (χ4v) is 0.747. The number of hydrogen-bond donors (Lipinski definition) is 0. The summed E-state index contributed by atoms with van der Waals surface area (Å²) < 4.78 is 4.88. The van der Waals surface area contributed by atoms with E-state index in [1.807, 2.05) is 0 Å². The number of rotatable bonds is 1. The topological polar surface area (TPSA) is 9.23 Å². The summed E-state index contributed by atoms with van der Waals surface area (Å²) in [6.45, 7) is 0. The second kappa shape index (κ2) is 8.63. The molecule has 0 saturated carbocycles. The van der Waals surface area contributed by atoms with Crippen LogP contribution in [0.3, 0.4) is 0 Å². The first kappa shape index (κ1) is 13.0. The molecule has 0 N–H and O–H groups in total. The summed E-state index contributed by atoms with van der Waals surface area (Å²) in [7, 11) is 1.58. The van der Waals surface area contributed by atoms with Gasteiger partial charge in [0.2, 0.25) is 0 Å². The highest BCUT2D eigenvalue weighted by atomic mass is 79.9. The number of ether oxygens (including phenoxy) is 1. The maximum absolute atomic E-state index is 5.68. The molecule has 63 valence electrons. The van der Waals surface area contributed by atoms with Gasteiger partial charge in [-0.25, -0.2) is 0 Å². The first-order valence-corrected chi connectivity index (χ1v) is 11.2. The third-order valence-electron chi connectivity index (χ3n) is 0.996. The van der Waals surface area contributed by atoms with Crippen LogP contribution in [0.1, 0.15) is 0 Å². The van der Waals surface area contributed by atoms with E-state index >= 15 is 0 Å². The normalized spacial score (nSPS) is 7.67. The Balaban J connectivity index is 0.000000354. The van der Waals surface area contributed by atoms with Crippen molar-refractivity contribution in [2.75, 3.05) is 7.11 Å². The molecule has 1 radical (unpaired) electrons. The Bertz CT molecular complexity index is 222. The minimum atomic E-state index is 0.0417. The second-order valence-corrected chi connectivity index (χ2v) is 10.2. The lowest BCUT2D eigenvalue weighted by Crippen LogP contribution is -1.81. The van der Waals surface area contributed by atoms with E-state index in [2.05, 4.69) is 31.8 Å². The van der Waals surface area contributed by atoms with Crippen LogP contribution < -0.4 is 4.74 Å². The number of benzene rings is 1. The molecule has 0 spiro atoms. The summed E-state index contributed by atoms with van der Waals surface area (Å²) >= 11 is 12.1. The zero-order chi connectivity index (χ0) is 9.40. The Morgan fingerprint density at radius 1 is 1.58 bits per heavy atom. The van der Waals surface area contributed by atoms with Gasteiger partial charge in [-0.05, 0) is 18.2 Å². The third-order valence-corrected chi connectivity index (χ3v) is 1.31. The third kappa shape index (κ3) is 5.64. The highest BCUT2D eigenvalue weighted by Crippen LogP contribution is 2.21. The average Bonchev–Trinajstić information content (AvgIpc) is 2.07. The minimum Gasteiger partial charge on any atom is -0.495 e. The monoisotopic (exact) mass is 323 g/mol. The first-order valence-electron chi connectivity index (χ1n) is 3.07. The van der Waals surface area contributed by atoms with Gasteiger partial charge >= 0.3 is 16.0 Å². The molecule has 1 aromatic carbocycles. The van der Waals surface area contributed by atoms with Crippen molar-refractivity contribution in [2.24, 2.45) is 0 Å². The summed E-state index contributed by atoms with van der Waals surface area (Å²) in [6.07, 6.45) is 0. The highest BCUT2D eigenvalue weighted by molar-refractivity contribution is 9.47. The van der Waals surface area contributed by atoms with Crippen molar-refractivity contribution < 1.29 is 4.74 Å². The fourth-order valence-electron chi connectivity index (χ4n) is 0.553. The molecule has 5 heteroatoms. The summed E-state index contributed by atoms with van der Waals surface area (Å²) in [5.41, 5.74) is 0. The van der Waals surface area contributed by atoms with Crippen molar-refractivity contribution in [3.8, 4) is 5.75 Å². The fraction of sp³-hybridized carbons (Fsp3) is 0.143. The molecule has 0 unspecified atom stereocenters. The lowest BCUT2D eigenvalue weighted by atomic mass is 10.3. The van der Waals surface area contributed by atoms with E-state index in [4.69, 9.17) is 16.3 Å². The summed E-state index contributed by atoms with van der Waals surface area (Å²) in [6, 6.07) is 8.02. The van der Waals surface area contributed by atoms with Crippen LogP contribution in [0.2, 0.25) is 5.02 Å². The molecule has 0 bridgehead atoms. The average molecular weight is 326 g/mol. The Kier molecular flexibility index (Phi) is 9.37. The smallest absolute Gasteiger partial charge is 0.495 e. The zero-order valence-corrected chi connectivity index (χ0v) is 11.8. The summed E-state index contributed by atoms with van der Waals surface area (Å²) in [5.74, 6) is 0.666. The molecule has 0 saturated heterocycles. The van der Waals surface area contributed by atoms with Crippen molar-refractivity contribution in [2.45, 2.75) is 0 Å². The maximum Gasteiger partial charge on any atom is 0.560 e. The molecule has 0 atom stereocenters. The first-order chi connectivity index (χ1) is 5.76. The molecule has 1 nitrogen and oxygen atoms in total. The van der Waals surface area contributed by atoms with Crippen LogP contribution >= 0.6 is 37.4 Å². The summed E-state index contributed by atoms with van der Waals surface area (Å²) in [5, 5.41) is 0.622. The van der Waals surface area contributed by atoms with E-state index < -0.39 is 0 Å². The number of hydrogen-bond acceptors (Lipinski definition) is 1. The lowest BCUT2D eigenvalue weighted by molar-refractivity contribution is 0.415. The maximum atomic E-state index is 5.68. The summed E-state index contributed by atoms with van der Waals surface area (Å²) in [4.78, 5) is 0. The van der Waals surface area contributed by atoms with Crippen molar-refractivity contribution >= 4 is 53.4 Å². The minimum absolute atomic E-state index is 0.0417. The van der Waals surface area contributed by atoms with E-state index in [9.17, 15) is 0 Å². The standard InChI is InChI=1S/C7H6ClO.2BrH.Mg/c1-9-7-5-3-2-4-6(7)8;;;/h2,4-5H,1H3;2*1H;/q;;;+2/p-2. The van der Waals surface area contributed by atoms with Crippen LogP contribution in [0.15, 0.2) is 18.2 Å². The molecule has 0 heterocycles.